The van der Waals surface area contributed by atoms with E-state index in [0.29, 0.717) is 0 Å². The zero-order valence-corrected chi connectivity index (χ0v) is 7.89. The molecule has 1 aromatic rings. The number of nitrogens with one attached hydrogen (secondary N) is 1. The third-order valence-corrected chi connectivity index (χ3v) is 1.78. The minimum Gasteiger partial charge on any atom is -0.357 e. The van der Waals surface area contributed by atoms with Gasteiger partial charge in [-0.2, -0.15) is 0 Å². The summed E-state index contributed by atoms with van der Waals surface area (Å²) in [5, 5.41) is 2.95. The summed E-state index contributed by atoms with van der Waals surface area (Å²) in [5.74, 6) is 0.728. The molecule has 0 bridgehead atoms. The normalized spacial score (nSPS) is 9.92. The second-order valence-corrected chi connectivity index (χ2v) is 2.63. The van der Waals surface area contributed by atoms with Gasteiger partial charge in [0.25, 0.3) is 0 Å². The molecule has 0 radical (unpaired) electrons. The highest BCUT2D eigenvalue weighted by Gasteiger charge is 1.99. The average Bonchev–Trinajstić information content (AvgIpc) is 2.16. The van der Waals surface area contributed by atoms with Gasteiger partial charge in [-0.1, -0.05) is 13.8 Å². The second-order valence-electron chi connectivity index (χ2n) is 2.63. The maximum absolute atomic E-state index is 4.30. The number of anilines is 1. The Labute approximate surface area is 73.2 Å². The zero-order valence-electron chi connectivity index (χ0n) is 7.89. The van der Waals surface area contributed by atoms with Gasteiger partial charge in [0.2, 0.25) is 5.95 Å². The third-order valence-electron chi connectivity index (χ3n) is 1.78. The first-order chi connectivity index (χ1) is 5.80. The monoisotopic (exact) mass is 165 g/mol. The first-order valence-corrected chi connectivity index (χ1v) is 4.34. The highest BCUT2D eigenvalue weighted by Crippen LogP contribution is 2.05. The van der Waals surface area contributed by atoms with E-state index in [1.165, 1.54) is 0 Å². The standard InChI is InChI=1S/C9H15N3/c1-4-7-6-8(5-2)12-9(10-3)11-7/h6H,4-5H2,1-3H3,(H,10,11,12). The van der Waals surface area contributed by atoms with Crippen molar-refractivity contribution in [2.24, 2.45) is 0 Å². The van der Waals surface area contributed by atoms with Crippen molar-refractivity contribution in [1.29, 1.82) is 0 Å². The van der Waals surface area contributed by atoms with Gasteiger partial charge >= 0.3 is 0 Å². The molecule has 0 spiro atoms. The van der Waals surface area contributed by atoms with E-state index >= 15 is 0 Å². The molecule has 0 aliphatic heterocycles. The van der Waals surface area contributed by atoms with Crippen LogP contribution in [-0.4, -0.2) is 17.0 Å². The topological polar surface area (TPSA) is 37.8 Å². The van der Waals surface area contributed by atoms with Crippen molar-refractivity contribution in [2.75, 3.05) is 12.4 Å². The van der Waals surface area contributed by atoms with Crippen LogP contribution in [0, 0.1) is 0 Å². The lowest BCUT2D eigenvalue weighted by molar-refractivity contribution is 0.939. The van der Waals surface area contributed by atoms with Gasteiger partial charge in [0.15, 0.2) is 0 Å². The van der Waals surface area contributed by atoms with E-state index in [4.69, 9.17) is 0 Å². The SMILES string of the molecule is CCc1cc(CC)nc(NC)n1. The predicted octanol–water partition coefficient (Wildman–Crippen LogP) is 1.64. The van der Waals surface area contributed by atoms with Crippen LogP contribution in [0.3, 0.4) is 0 Å². The van der Waals surface area contributed by atoms with Crippen molar-refractivity contribution in [3.63, 3.8) is 0 Å². The van der Waals surface area contributed by atoms with Crippen LogP contribution < -0.4 is 5.32 Å². The number of aromatic nitrogens is 2. The maximum Gasteiger partial charge on any atom is 0.222 e. The Hall–Kier alpha value is -1.12. The molecular formula is C9H15N3. The average molecular weight is 165 g/mol. The first-order valence-electron chi connectivity index (χ1n) is 4.34. The minimum atomic E-state index is 0.728. The summed E-state index contributed by atoms with van der Waals surface area (Å²) in [7, 11) is 1.84. The van der Waals surface area contributed by atoms with Crippen LogP contribution in [0.5, 0.6) is 0 Å². The van der Waals surface area contributed by atoms with E-state index in [9.17, 15) is 0 Å². The largest absolute Gasteiger partial charge is 0.357 e. The van der Waals surface area contributed by atoms with Crippen LogP contribution in [0.15, 0.2) is 6.07 Å². The van der Waals surface area contributed by atoms with Gasteiger partial charge in [0.05, 0.1) is 0 Å². The summed E-state index contributed by atoms with van der Waals surface area (Å²) in [4.78, 5) is 8.59. The molecule has 66 valence electrons. The summed E-state index contributed by atoms with van der Waals surface area (Å²) >= 11 is 0. The molecule has 1 aromatic heterocycles. The van der Waals surface area contributed by atoms with Gasteiger partial charge in [-0.15, -0.1) is 0 Å². The van der Waals surface area contributed by atoms with Crippen LogP contribution >= 0.6 is 0 Å². The van der Waals surface area contributed by atoms with Crippen LogP contribution in [0.1, 0.15) is 25.2 Å². The molecule has 0 aliphatic carbocycles. The van der Waals surface area contributed by atoms with Gasteiger partial charge in [-0.3, -0.25) is 0 Å². The fourth-order valence-electron chi connectivity index (χ4n) is 1.03. The Morgan fingerprint density at radius 1 is 1.17 bits per heavy atom. The smallest absolute Gasteiger partial charge is 0.222 e. The summed E-state index contributed by atoms with van der Waals surface area (Å²) in [5.41, 5.74) is 2.21. The van der Waals surface area contributed by atoms with E-state index in [1.807, 2.05) is 7.05 Å². The van der Waals surface area contributed by atoms with Crippen molar-refractivity contribution in [2.45, 2.75) is 26.7 Å². The number of hydrogen-bond donors (Lipinski definition) is 1. The second kappa shape index (κ2) is 4.04. The highest BCUT2D eigenvalue weighted by molar-refractivity contribution is 5.27. The van der Waals surface area contributed by atoms with E-state index < -0.39 is 0 Å². The van der Waals surface area contributed by atoms with Crippen LogP contribution in [-0.2, 0) is 12.8 Å². The van der Waals surface area contributed by atoms with E-state index in [-0.39, 0.29) is 0 Å². The van der Waals surface area contributed by atoms with Crippen molar-refractivity contribution < 1.29 is 0 Å². The van der Waals surface area contributed by atoms with Crippen LogP contribution in [0.25, 0.3) is 0 Å². The predicted molar refractivity (Wildman–Crippen MR) is 50.3 cm³/mol. The summed E-state index contributed by atoms with van der Waals surface area (Å²) < 4.78 is 0. The molecule has 0 aliphatic rings. The molecule has 1 rings (SSSR count). The Balaban J connectivity index is 3.01. The van der Waals surface area contributed by atoms with Gasteiger partial charge in [-0.25, -0.2) is 9.97 Å². The van der Waals surface area contributed by atoms with Crippen molar-refractivity contribution in [3.05, 3.63) is 17.5 Å². The molecule has 0 unspecified atom stereocenters. The Morgan fingerprint density at radius 3 is 2.00 bits per heavy atom. The summed E-state index contributed by atoms with van der Waals surface area (Å²) in [6.45, 7) is 4.20. The van der Waals surface area contributed by atoms with Crippen molar-refractivity contribution in [3.8, 4) is 0 Å². The molecule has 0 atom stereocenters. The van der Waals surface area contributed by atoms with Gasteiger partial charge in [-0.05, 0) is 18.9 Å². The molecule has 3 heteroatoms. The van der Waals surface area contributed by atoms with Crippen LogP contribution in [0.4, 0.5) is 5.95 Å². The zero-order chi connectivity index (χ0) is 8.97. The number of nitrogens with zero attached hydrogens (tertiary/aromatic N) is 2. The fourth-order valence-corrected chi connectivity index (χ4v) is 1.03. The summed E-state index contributed by atoms with van der Waals surface area (Å²) in [6.07, 6.45) is 1.92. The lowest BCUT2D eigenvalue weighted by Gasteiger charge is -2.03. The molecule has 3 nitrogen and oxygen atoms in total. The van der Waals surface area contributed by atoms with Crippen molar-refractivity contribution >= 4 is 5.95 Å². The van der Waals surface area contributed by atoms with Crippen molar-refractivity contribution in [1.82, 2.24) is 9.97 Å². The Morgan fingerprint density at radius 2 is 1.67 bits per heavy atom. The molecule has 1 N–H and O–H groups in total. The van der Waals surface area contributed by atoms with Gasteiger partial charge < -0.3 is 5.32 Å². The first kappa shape index (κ1) is 8.97. The molecule has 0 aromatic carbocycles. The van der Waals surface area contributed by atoms with Crippen LogP contribution in [0.2, 0.25) is 0 Å². The molecule has 0 saturated heterocycles. The third kappa shape index (κ3) is 1.94. The molecule has 0 amide bonds. The maximum atomic E-state index is 4.30. The molecule has 0 fully saturated rings. The Kier molecular flexibility index (Phi) is 3.02. The fraction of sp³-hybridized carbons (Fsp3) is 0.556. The van der Waals surface area contributed by atoms with Gasteiger partial charge in [0, 0.05) is 18.4 Å². The molecule has 1 heterocycles. The molecule has 12 heavy (non-hydrogen) atoms. The van der Waals surface area contributed by atoms with E-state index in [2.05, 4.69) is 35.2 Å². The number of rotatable bonds is 3. The number of aryl methyl sites for hydroxylation is 2. The van der Waals surface area contributed by atoms with E-state index in [0.717, 1.165) is 30.2 Å². The number of hydrogen-bond acceptors (Lipinski definition) is 3. The quantitative estimate of drug-likeness (QED) is 0.740. The summed E-state index contributed by atoms with van der Waals surface area (Å²) in [6, 6.07) is 2.06. The van der Waals surface area contributed by atoms with Gasteiger partial charge in [0.1, 0.15) is 0 Å². The highest BCUT2D eigenvalue weighted by atomic mass is 15.1. The minimum absolute atomic E-state index is 0.728. The molecule has 0 saturated carbocycles. The lowest BCUT2D eigenvalue weighted by atomic mass is 10.2. The lowest BCUT2D eigenvalue weighted by Crippen LogP contribution is -2.02. The Bertz CT molecular complexity index is 203. The van der Waals surface area contributed by atoms with E-state index in [1.54, 1.807) is 0 Å². The molecular weight excluding hydrogens is 150 g/mol.